The molecule has 2 aliphatic heterocycles. The van der Waals surface area contributed by atoms with E-state index in [2.05, 4.69) is 15.1 Å². The second-order valence-corrected chi connectivity index (χ2v) is 9.28. The van der Waals surface area contributed by atoms with Crippen LogP contribution in [0, 0.1) is 18.3 Å². The molecule has 3 atom stereocenters. The number of nitrogens with zero attached hydrogens (tertiary/aromatic N) is 4. The third-order valence-corrected chi connectivity index (χ3v) is 6.60. The number of rotatable bonds is 5. The number of halogens is 1. The lowest BCUT2D eigenvalue weighted by atomic mass is 9.80. The third kappa shape index (κ3) is 3.89. The molecule has 176 valence electrons. The number of fused-ring (bicyclic) bond motifs is 2. The molecule has 0 bridgehead atoms. The Bertz CT molecular complexity index is 1190. The molecule has 1 aromatic carbocycles. The summed E-state index contributed by atoms with van der Waals surface area (Å²) in [7, 11) is 1.48. The van der Waals surface area contributed by atoms with Crippen molar-refractivity contribution in [3.8, 4) is 0 Å². The number of carbonyl (C=O) groups is 3. The van der Waals surface area contributed by atoms with Crippen LogP contribution in [0.2, 0.25) is 0 Å². The van der Waals surface area contributed by atoms with E-state index in [1.807, 2.05) is 32.0 Å². The first-order chi connectivity index (χ1) is 16.2. The first kappa shape index (κ1) is 23.4. The van der Waals surface area contributed by atoms with Crippen LogP contribution in [0.4, 0.5) is 10.1 Å². The predicted molar refractivity (Wildman–Crippen MR) is 123 cm³/mol. The van der Waals surface area contributed by atoms with E-state index in [1.54, 1.807) is 6.07 Å². The number of pyridine rings is 1. The molecule has 9 heteroatoms. The van der Waals surface area contributed by atoms with Gasteiger partial charge < -0.3 is 10.2 Å². The van der Waals surface area contributed by atoms with Gasteiger partial charge >= 0.3 is 6.17 Å². The summed E-state index contributed by atoms with van der Waals surface area (Å²) >= 11 is 0. The van der Waals surface area contributed by atoms with Gasteiger partial charge in [-0.25, -0.2) is 11.0 Å². The molecule has 1 saturated heterocycles. The molecule has 2 aliphatic rings. The minimum absolute atomic E-state index is 0.0522. The van der Waals surface area contributed by atoms with E-state index in [0.29, 0.717) is 12.1 Å². The van der Waals surface area contributed by atoms with Crippen molar-refractivity contribution in [2.75, 3.05) is 18.9 Å². The first-order valence-corrected chi connectivity index (χ1v) is 11.1. The average molecular weight is 464 g/mol. The molecule has 1 fully saturated rings. The predicted octanol–water partition coefficient (Wildman–Crippen LogP) is 3.08. The lowest BCUT2D eigenvalue weighted by Gasteiger charge is -2.32. The minimum atomic E-state index is -1.00. The molecule has 0 radical (unpaired) electrons. The average Bonchev–Trinajstić information content (AvgIpc) is 3.34. The van der Waals surface area contributed by atoms with E-state index in [-0.39, 0.29) is 30.5 Å². The summed E-state index contributed by atoms with van der Waals surface area (Å²) in [6.45, 7) is 11.6. The fraction of sp³-hybridized carbons (Fsp3) is 0.400. The Kier molecular flexibility index (Phi) is 6.09. The minimum Gasteiger partial charge on any atom is -0.328 e. The number of carbonyl (C=O) groups excluding carboxylic acids is 3. The number of likely N-dealkylation sites (tertiary alicyclic amines) is 1. The number of para-hydroxylation sites is 1. The first-order valence-electron chi connectivity index (χ1n) is 11.1. The maximum absolute atomic E-state index is 13.8. The zero-order valence-corrected chi connectivity index (χ0v) is 19.3. The van der Waals surface area contributed by atoms with Crippen LogP contribution in [-0.4, -0.2) is 58.3 Å². The lowest BCUT2D eigenvalue weighted by molar-refractivity contribution is -0.136. The highest BCUT2D eigenvalue weighted by Gasteiger charge is 2.59. The number of nitrogens with one attached hydrogen (secondary N) is 1. The van der Waals surface area contributed by atoms with Gasteiger partial charge in [0, 0.05) is 31.5 Å². The van der Waals surface area contributed by atoms with Crippen LogP contribution in [0.25, 0.3) is 4.85 Å². The van der Waals surface area contributed by atoms with Crippen molar-refractivity contribution in [3.05, 3.63) is 71.1 Å². The Morgan fingerprint density at radius 3 is 2.76 bits per heavy atom. The van der Waals surface area contributed by atoms with E-state index in [0.717, 1.165) is 17.7 Å². The van der Waals surface area contributed by atoms with Gasteiger partial charge in [-0.15, -0.1) is 0 Å². The molecule has 0 aliphatic carbocycles. The number of hydrogen-bond donors (Lipinski definition) is 1. The second-order valence-electron chi connectivity index (χ2n) is 9.28. The molecule has 3 heterocycles. The van der Waals surface area contributed by atoms with Gasteiger partial charge in [-0.1, -0.05) is 32.0 Å². The number of anilines is 1. The highest BCUT2D eigenvalue weighted by molar-refractivity contribution is 6.07. The van der Waals surface area contributed by atoms with Crippen molar-refractivity contribution in [2.24, 2.45) is 5.92 Å². The fourth-order valence-corrected chi connectivity index (χ4v) is 4.86. The lowest BCUT2D eigenvalue weighted by Crippen LogP contribution is -2.51. The van der Waals surface area contributed by atoms with Gasteiger partial charge in [-0.05, 0) is 30.0 Å². The summed E-state index contributed by atoms with van der Waals surface area (Å²) in [6, 6.07) is 8.58. The molecule has 1 spiro atoms. The van der Waals surface area contributed by atoms with Crippen molar-refractivity contribution in [1.29, 1.82) is 0 Å². The third-order valence-electron chi connectivity index (χ3n) is 6.60. The van der Waals surface area contributed by atoms with E-state index in [1.165, 1.54) is 23.0 Å². The van der Waals surface area contributed by atoms with E-state index in [9.17, 15) is 18.8 Å². The number of benzene rings is 1. The van der Waals surface area contributed by atoms with Crippen LogP contribution in [0.5, 0.6) is 0 Å². The summed E-state index contributed by atoms with van der Waals surface area (Å²) in [6.07, 6.45) is 0.885. The largest absolute Gasteiger partial charge is 0.328 e. The van der Waals surface area contributed by atoms with Crippen molar-refractivity contribution >= 4 is 23.4 Å². The Hall–Kier alpha value is -3.80. The van der Waals surface area contributed by atoms with E-state index < -0.39 is 35.3 Å². The molecule has 3 amide bonds. The molecule has 0 unspecified atom stereocenters. The maximum atomic E-state index is 13.8. The van der Waals surface area contributed by atoms with Crippen molar-refractivity contribution in [1.82, 2.24) is 14.8 Å². The monoisotopic (exact) mass is 463 g/mol. The quantitative estimate of drug-likeness (QED) is 0.691. The molecule has 34 heavy (non-hydrogen) atoms. The summed E-state index contributed by atoms with van der Waals surface area (Å²) in [4.78, 5) is 50.2. The van der Waals surface area contributed by atoms with Crippen LogP contribution in [0.3, 0.4) is 0 Å². The molecular weight excluding hydrogens is 437 g/mol. The second kappa shape index (κ2) is 8.86. The molecule has 4 rings (SSSR count). The van der Waals surface area contributed by atoms with Gasteiger partial charge in [-0.2, -0.15) is 0 Å². The van der Waals surface area contributed by atoms with E-state index >= 15 is 0 Å². The van der Waals surface area contributed by atoms with Crippen LogP contribution in [0.15, 0.2) is 42.6 Å². The Morgan fingerprint density at radius 2 is 2.09 bits per heavy atom. The van der Waals surface area contributed by atoms with Crippen molar-refractivity contribution in [2.45, 2.75) is 44.3 Å². The van der Waals surface area contributed by atoms with Crippen LogP contribution in [0.1, 0.15) is 42.7 Å². The number of hydrogen-bond acceptors (Lipinski definition) is 4. The van der Waals surface area contributed by atoms with Gasteiger partial charge in [0.1, 0.15) is 23.0 Å². The van der Waals surface area contributed by atoms with E-state index in [4.69, 9.17) is 6.57 Å². The van der Waals surface area contributed by atoms with Gasteiger partial charge in [0.05, 0.1) is 6.42 Å². The number of aromatic nitrogens is 1. The summed E-state index contributed by atoms with van der Waals surface area (Å²) in [5.74, 6) is -1.76. The highest BCUT2D eigenvalue weighted by atomic mass is 19.1. The maximum Gasteiger partial charge on any atom is 0.302 e. The smallest absolute Gasteiger partial charge is 0.302 e. The SMILES string of the molecule is [C-]#[N+][C@@H]1C[C@@]2(CN1C(=O)[C@H](CC(C)C)N(C)C(=O)c1cc(F)ccn1)C(=O)Nc1ccccc12. The summed E-state index contributed by atoms with van der Waals surface area (Å²) < 4.78 is 13.7. The Labute approximate surface area is 197 Å². The summed E-state index contributed by atoms with van der Waals surface area (Å²) in [5, 5.41) is 2.88. The van der Waals surface area contributed by atoms with Gasteiger partial charge in [-0.3, -0.25) is 29.1 Å². The number of amides is 3. The fourth-order valence-electron chi connectivity index (χ4n) is 4.86. The van der Waals surface area contributed by atoms with Crippen LogP contribution >= 0.6 is 0 Å². The standard InChI is InChI=1S/C25H26FN5O3/c1-15(2)11-20(30(4)22(32)19-12-16(26)9-10-28-19)23(33)31-14-25(13-21(31)27-3)17-7-5-6-8-18(17)29-24(25)34/h5-10,12,15,20-21H,11,13-14H2,1-2,4H3,(H,29,34)/t20-,21-,25-/m0/s1. The molecule has 1 aromatic heterocycles. The molecule has 2 aromatic rings. The molecular formula is C25H26FN5O3. The zero-order chi connectivity index (χ0) is 24.6. The van der Waals surface area contributed by atoms with Crippen LogP contribution < -0.4 is 5.32 Å². The van der Waals surface area contributed by atoms with Crippen LogP contribution in [-0.2, 0) is 15.0 Å². The molecule has 1 N–H and O–H groups in total. The van der Waals surface area contributed by atoms with Gasteiger partial charge in [0.2, 0.25) is 5.91 Å². The number of likely N-dealkylation sites (N-methyl/N-ethyl adjacent to an activating group) is 1. The van der Waals surface area contributed by atoms with Crippen molar-refractivity contribution in [3.63, 3.8) is 0 Å². The topological polar surface area (TPSA) is 87.0 Å². The molecule has 0 saturated carbocycles. The van der Waals surface area contributed by atoms with Gasteiger partial charge in [0.25, 0.3) is 11.8 Å². The Morgan fingerprint density at radius 1 is 1.35 bits per heavy atom. The Balaban J connectivity index is 1.66. The van der Waals surface area contributed by atoms with Gasteiger partial charge in [0.15, 0.2) is 0 Å². The highest BCUT2D eigenvalue weighted by Crippen LogP contribution is 2.47. The normalized spacial score (nSPS) is 21.8. The summed E-state index contributed by atoms with van der Waals surface area (Å²) in [5.41, 5.74) is 0.357. The molecule has 8 nitrogen and oxygen atoms in total. The van der Waals surface area contributed by atoms with Crippen molar-refractivity contribution < 1.29 is 18.8 Å². The zero-order valence-electron chi connectivity index (χ0n) is 19.3.